The molecule has 16 heteroatoms. The van der Waals surface area contributed by atoms with Crippen LogP contribution in [0, 0.1) is 0 Å². The SMILES string of the molecule is CO/N=C(\C(=O)N[C@@H]1C(=O)N2C(C(=O)[O-])=C(/C=C\c3cc(Cl)no3)CS[C@H]12)c1csc(N)n1.[Na+]. The monoisotopic (exact) mass is 532 g/mol. The molecule has 2 aliphatic heterocycles. The number of halogens is 1. The number of nitrogen functional groups attached to an aromatic ring is 1. The zero-order chi connectivity index (χ0) is 23.7. The number of anilines is 1. The van der Waals surface area contributed by atoms with Gasteiger partial charge in [0.05, 0.1) is 11.7 Å². The molecule has 2 amide bonds. The third-order valence-corrected chi connectivity index (χ3v) is 6.74. The second-order valence-corrected chi connectivity index (χ2v) is 8.98. The topological polar surface area (TPSA) is 176 Å². The summed E-state index contributed by atoms with van der Waals surface area (Å²) in [6.45, 7) is 0. The van der Waals surface area contributed by atoms with Crippen molar-refractivity contribution in [3.05, 3.63) is 45.4 Å². The minimum absolute atomic E-state index is 0. The molecule has 0 aliphatic carbocycles. The van der Waals surface area contributed by atoms with E-state index < -0.39 is 29.2 Å². The maximum atomic E-state index is 12.8. The molecule has 2 aromatic rings. The van der Waals surface area contributed by atoms with Crippen molar-refractivity contribution in [2.75, 3.05) is 18.6 Å². The number of carboxylic acid groups (broad SMARTS) is 1. The molecule has 1 saturated heterocycles. The van der Waals surface area contributed by atoms with Gasteiger partial charge < -0.3 is 30.3 Å². The summed E-state index contributed by atoms with van der Waals surface area (Å²) in [6.07, 6.45) is 2.97. The molecule has 0 unspecified atom stereocenters. The van der Waals surface area contributed by atoms with Crippen molar-refractivity contribution in [2.45, 2.75) is 11.4 Å². The first kappa shape index (κ1) is 26.2. The summed E-state index contributed by atoms with van der Waals surface area (Å²) >= 11 is 8.08. The largest absolute Gasteiger partial charge is 1.00 e. The number of rotatable bonds is 7. The van der Waals surface area contributed by atoms with E-state index >= 15 is 0 Å². The molecule has 4 heterocycles. The number of nitrogens with one attached hydrogen (secondary N) is 1. The van der Waals surface area contributed by atoms with E-state index in [0.717, 1.165) is 16.2 Å². The van der Waals surface area contributed by atoms with Crippen LogP contribution in [0.15, 0.2) is 38.5 Å². The Morgan fingerprint density at radius 2 is 2.24 bits per heavy atom. The molecular formula is C18H14ClN6NaO6S2. The first-order valence-electron chi connectivity index (χ1n) is 9.13. The van der Waals surface area contributed by atoms with E-state index in [1.165, 1.54) is 42.5 Å². The number of carbonyl (C=O) groups is 3. The quantitative estimate of drug-likeness (QED) is 0.160. The van der Waals surface area contributed by atoms with Crippen molar-refractivity contribution in [1.82, 2.24) is 20.4 Å². The van der Waals surface area contributed by atoms with Crippen LogP contribution in [0.2, 0.25) is 5.15 Å². The summed E-state index contributed by atoms with van der Waals surface area (Å²) in [5, 5.41) is 22.8. The van der Waals surface area contributed by atoms with E-state index in [-0.39, 0.29) is 62.7 Å². The van der Waals surface area contributed by atoms with Gasteiger partial charge in [-0.3, -0.25) is 14.5 Å². The van der Waals surface area contributed by atoms with Crippen molar-refractivity contribution >= 4 is 69.4 Å². The van der Waals surface area contributed by atoms with E-state index in [9.17, 15) is 19.5 Å². The minimum Gasteiger partial charge on any atom is -0.543 e. The standard InChI is InChI=1S/C18H15ClN6O6S2.Na/c1-30-24-11(9-6-33-18(20)21-9)14(26)22-12-15(27)25-13(17(28)29)7(5-32-16(12)25)2-3-8-4-10(19)23-31-8;/h2-4,6,12,16H,5H2,1H3,(H2,20,21)(H,22,26)(H,28,29);/q;+1/p-1/b3-2-,24-11-;/t12-,16-;/m1./s1. The number of fused-ring (bicyclic) bond motifs is 1. The third-order valence-electron chi connectivity index (χ3n) is 4.59. The number of oxime groups is 1. The molecule has 0 radical (unpaired) electrons. The van der Waals surface area contributed by atoms with E-state index in [1.807, 2.05) is 0 Å². The number of amides is 2. The minimum atomic E-state index is -1.52. The van der Waals surface area contributed by atoms with Gasteiger partial charge in [-0.15, -0.1) is 23.1 Å². The number of hydrogen-bond acceptors (Lipinski definition) is 12. The number of carboxylic acids is 1. The van der Waals surface area contributed by atoms with Crippen LogP contribution in [-0.2, 0) is 19.2 Å². The van der Waals surface area contributed by atoms with Crippen molar-refractivity contribution in [3.63, 3.8) is 0 Å². The van der Waals surface area contributed by atoms with Gasteiger partial charge in [-0.05, 0) is 11.6 Å². The van der Waals surface area contributed by atoms with Crippen LogP contribution in [0.5, 0.6) is 0 Å². The Kier molecular flexibility index (Phi) is 8.43. The summed E-state index contributed by atoms with van der Waals surface area (Å²) in [6, 6.07) is 0.472. The number of carbonyl (C=O) groups excluding carboxylic acids is 3. The molecule has 0 spiro atoms. The van der Waals surface area contributed by atoms with Crippen LogP contribution in [0.3, 0.4) is 0 Å². The molecule has 0 saturated carbocycles. The molecule has 0 bridgehead atoms. The number of thiazole rings is 1. The van der Waals surface area contributed by atoms with Crippen molar-refractivity contribution in [2.24, 2.45) is 5.16 Å². The molecule has 3 N–H and O–H groups in total. The Morgan fingerprint density at radius 1 is 1.47 bits per heavy atom. The average Bonchev–Trinajstić information content (AvgIpc) is 3.40. The fourth-order valence-corrected chi connectivity index (χ4v) is 5.20. The number of aromatic nitrogens is 2. The Labute approximate surface area is 227 Å². The number of aliphatic carboxylic acids is 1. The Morgan fingerprint density at radius 3 is 2.82 bits per heavy atom. The second kappa shape index (κ2) is 10.9. The second-order valence-electron chi connectivity index (χ2n) is 6.60. The van der Waals surface area contributed by atoms with Gasteiger partial charge in [0.15, 0.2) is 21.8 Å². The van der Waals surface area contributed by atoms with Crippen LogP contribution >= 0.6 is 34.7 Å². The fourth-order valence-electron chi connectivity index (χ4n) is 3.19. The molecular weight excluding hydrogens is 519 g/mol. The number of thioether (sulfide) groups is 1. The molecule has 2 aromatic heterocycles. The summed E-state index contributed by atoms with van der Waals surface area (Å²) < 4.78 is 4.95. The van der Waals surface area contributed by atoms with Gasteiger partial charge in [0, 0.05) is 17.2 Å². The Hall–Kier alpha value is -2.36. The normalized spacial score (nSPS) is 20.0. The van der Waals surface area contributed by atoms with Gasteiger partial charge in [0.25, 0.3) is 11.8 Å². The first-order chi connectivity index (χ1) is 15.8. The predicted molar refractivity (Wildman–Crippen MR) is 118 cm³/mol. The number of hydrogen-bond donors (Lipinski definition) is 2. The average molecular weight is 533 g/mol. The van der Waals surface area contributed by atoms with Crippen LogP contribution in [-0.4, -0.2) is 62.8 Å². The number of β-lactam (4-membered cyclic amide) rings is 1. The van der Waals surface area contributed by atoms with E-state index in [0.29, 0.717) is 11.3 Å². The molecule has 4 rings (SSSR count). The van der Waals surface area contributed by atoms with E-state index in [2.05, 4.69) is 20.6 Å². The zero-order valence-electron chi connectivity index (χ0n) is 17.7. The van der Waals surface area contributed by atoms with Crippen molar-refractivity contribution in [3.8, 4) is 0 Å². The number of nitrogens with two attached hydrogens (primary N) is 1. The summed E-state index contributed by atoms with van der Waals surface area (Å²) in [5.41, 5.74) is 5.68. The van der Waals surface area contributed by atoms with Gasteiger partial charge >= 0.3 is 29.6 Å². The van der Waals surface area contributed by atoms with Crippen LogP contribution < -0.4 is 45.7 Å². The van der Waals surface area contributed by atoms with Crippen molar-refractivity contribution < 1.29 is 58.4 Å². The number of nitrogens with zero attached hydrogens (tertiary/aromatic N) is 4. The van der Waals surface area contributed by atoms with Gasteiger partial charge in [0.2, 0.25) is 0 Å². The molecule has 172 valence electrons. The predicted octanol–water partition coefficient (Wildman–Crippen LogP) is -3.16. The third kappa shape index (κ3) is 5.16. The van der Waals surface area contributed by atoms with Crippen LogP contribution in [0.1, 0.15) is 11.5 Å². The summed E-state index contributed by atoms with van der Waals surface area (Å²) in [7, 11) is 1.26. The molecule has 0 aromatic carbocycles. The number of allylic oxidation sites excluding steroid dienone is 1. The summed E-state index contributed by atoms with van der Waals surface area (Å²) in [4.78, 5) is 47.1. The molecule has 2 aliphatic rings. The zero-order valence-corrected chi connectivity index (χ0v) is 22.1. The van der Waals surface area contributed by atoms with Gasteiger partial charge in [0.1, 0.15) is 24.2 Å². The van der Waals surface area contributed by atoms with E-state index in [1.54, 1.807) is 0 Å². The van der Waals surface area contributed by atoms with E-state index in [4.69, 9.17) is 26.7 Å². The maximum absolute atomic E-state index is 12.8. The summed E-state index contributed by atoms with van der Waals surface area (Å²) in [5.74, 6) is -2.29. The van der Waals surface area contributed by atoms with Crippen LogP contribution in [0.4, 0.5) is 5.13 Å². The molecule has 12 nitrogen and oxygen atoms in total. The molecule has 1 fully saturated rings. The smallest absolute Gasteiger partial charge is 0.543 e. The van der Waals surface area contributed by atoms with Gasteiger partial charge in [-0.2, -0.15) is 0 Å². The van der Waals surface area contributed by atoms with Crippen molar-refractivity contribution in [1.29, 1.82) is 0 Å². The Balaban J connectivity index is 0.00000324. The first-order valence-corrected chi connectivity index (χ1v) is 11.4. The Bertz CT molecular complexity index is 1230. The van der Waals surface area contributed by atoms with Crippen LogP contribution in [0.25, 0.3) is 6.08 Å². The van der Waals surface area contributed by atoms with Gasteiger partial charge in [-0.1, -0.05) is 28.0 Å². The van der Waals surface area contributed by atoms with Gasteiger partial charge in [-0.25, -0.2) is 4.98 Å². The molecule has 2 atom stereocenters. The molecule has 34 heavy (non-hydrogen) atoms. The fraction of sp³-hybridized carbons (Fsp3) is 0.222. The maximum Gasteiger partial charge on any atom is 1.00 e.